The van der Waals surface area contributed by atoms with Crippen molar-refractivity contribution in [1.82, 2.24) is 29.6 Å². The minimum atomic E-state index is -0.508. The number of imidazole rings is 1. The Balaban J connectivity index is 1.54. The predicted molar refractivity (Wildman–Crippen MR) is 115 cm³/mol. The lowest BCUT2D eigenvalue weighted by Crippen LogP contribution is -2.30. The quantitative estimate of drug-likeness (QED) is 0.603. The normalized spacial score (nSPS) is 20.3. The van der Waals surface area contributed by atoms with Gasteiger partial charge in [-0.2, -0.15) is 5.10 Å². The summed E-state index contributed by atoms with van der Waals surface area (Å²) in [6.45, 7) is 6.43. The van der Waals surface area contributed by atoms with Crippen LogP contribution in [0, 0.1) is 5.92 Å². The number of aromatic nitrogens is 5. The van der Waals surface area contributed by atoms with Crippen LogP contribution in [0.3, 0.4) is 0 Å². The maximum Gasteiger partial charge on any atom is 0.241 e. The molecule has 0 radical (unpaired) electrons. The van der Waals surface area contributed by atoms with Gasteiger partial charge in [0.25, 0.3) is 0 Å². The van der Waals surface area contributed by atoms with Crippen molar-refractivity contribution >= 4 is 16.9 Å². The number of pyridine rings is 1. The van der Waals surface area contributed by atoms with Crippen molar-refractivity contribution < 1.29 is 14.6 Å². The fourth-order valence-electron chi connectivity index (χ4n) is 3.98. The zero-order chi connectivity index (χ0) is 21.8. The third-order valence-corrected chi connectivity index (χ3v) is 6.32. The molecule has 164 valence electrons. The molecule has 2 atom stereocenters. The summed E-state index contributed by atoms with van der Waals surface area (Å²) < 4.78 is 10.3. The molecule has 2 aliphatic rings. The molecule has 9 heteroatoms. The molecule has 2 N–H and O–H groups in total. The molecule has 3 aromatic rings. The van der Waals surface area contributed by atoms with E-state index in [1.165, 1.54) is 0 Å². The van der Waals surface area contributed by atoms with Gasteiger partial charge in [-0.25, -0.2) is 9.97 Å². The van der Waals surface area contributed by atoms with Crippen LogP contribution in [0.2, 0.25) is 0 Å². The molecule has 1 saturated carbocycles. The average Bonchev–Trinajstić information content (AvgIpc) is 3.15. The van der Waals surface area contributed by atoms with Crippen molar-refractivity contribution in [3.63, 3.8) is 0 Å². The monoisotopic (exact) mass is 424 g/mol. The lowest BCUT2D eigenvalue weighted by atomic mass is 10.0. The van der Waals surface area contributed by atoms with E-state index in [0.29, 0.717) is 24.9 Å². The van der Waals surface area contributed by atoms with Crippen LogP contribution < -0.4 is 10.1 Å². The van der Waals surface area contributed by atoms with E-state index in [0.717, 1.165) is 35.1 Å². The van der Waals surface area contributed by atoms with Crippen molar-refractivity contribution in [2.75, 3.05) is 13.2 Å². The van der Waals surface area contributed by atoms with Gasteiger partial charge in [0.1, 0.15) is 11.6 Å². The van der Waals surface area contributed by atoms with Gasteiger partial charge in [-0.1, -0.05) is 0 Å². The molecule has 2 fully saturated rings. The fourth-order valence-corrected chi connectivity index (χ4v) is 3.98. The zero-order valence-electron chi connectivity index (χ0n) is 18.1. The first-order valence-electron chi connectivity index (χ1n) is 10.8. The molecule has 4 heterocycles. The number of carbonyl (C=O) groups is 1. The molecule has 0 aromatic carbocycles. The van der Waals surface area contributed by atoms with Gasteiger partial charge in [0.15, 0.2) is 0 Å². The van der Waals surface area contributed by atoms with Gasteiger partial charge in [0, 0.05) is 36.7 Å². The Labute approximate surface area is 180 Å². The van der Waals surface area contributed by atoms with E-state index in [-0.39, 0.29) is 24.5 Å². The summed E-state index contributed by atoms with van der Waals surface area (Å²) in [6, 6.07) is 2.40. The Morgan fingerprint density at radius 2 is 2.19 bits per heavy atom. The summed E-state index contributed by atoms with van der Waals surface area (Å²) in [5.41, 5.74) is 2.77. The summed E-state index contributed by atoms with van der Waals surface area (Å²) in [7, 11) is 0. The van der Waals surface area contributed by atoms with Crippen LogP contribution in [0.5, 0.6) is 5.88 Å². The standard InChI is InChI=1S/C22H28N6O3/c1-13(14-6-19(30)23-8-14)31-21-20-18(24-12-27(20)16-4-5-16)7-17(26-21)15-9-25-28(10-15)22(2,3)11-29/h7,9-10,12-14,16,29H,4-6,8,11H2,1-3H3,(H,23,30)/t13-,14?/m1/s1. The third kappa shape index (κ3) is 3.67. The number of rotatable bonds is 7. The summed E-state index contributed by atoms with van der Waals surface area (Å²) in [5, 5.41) is 17.0. The molecular formula is C22H28N6O3. The van der Waals surface area contributed by atoms with Crippen LogP contribution >= 0.6 is 0 Å². The molecule has 3 aromatic heterocycles. The molecular weight excluding hydrogens is 396 g/mol. The van der Waals surface area contributed by atoms with Crippen LogP contribution in [0.25, 0.3) is 22.3 Å². The van der Waals surface area contributed by atoms with E-state index in [1.54, 1.807) is 10.9 Å². The van der Waals surface area contributed by atoms with E-state index in [9.17, 15) is 9.90 Å². The number of amides is 1. The van der Waals surface area contributed by atoms with Gasteiger partial charge in [0.05, 0.1) is 35.9 Å². The van der Waals surface area contributed by atoms with E-state index in [4.69, 9.17) is 9.72 Å². The molecule has 0 spiro atoms. The van der Waals surface area contributed by atoms with E-state index >= 15 is 0 Å². The van der Waals surface area contributed by atoms with Crippen LogP contribution in [0.15, 0.2) is 24.8 Å². The topological polar surface area (TPSA) is 107 Å². The number of carbonyl (C=O) groups excluding carboxylic acids is 1. The summed E-state index contributed by atoms with van der Waals surface area (Å²) >= 11 is 0. The summed E-state index contributed by atoms with van der Waals surface area (Å²) in [4.78, 5) is 21.1. The lowest BCUT2D eigenvalue weighted by molar-refractivity contribution is -0.119. The van der Waals surface area contributed by atoms with Crippen molar-refractivity contribution in [2.45, 2.75) is 57.7 Å². The van der Waals surface area contributed by atoms with Crippen LogP contribution in [0.1, 0.15) is 46.1 Å². The Morgan fingerprint density at radius 1 is 1.39 bits per heavy atom. The largest absolute Gasteiger partial charge is 0.473 e. The number of fused-ring (bicyclic) bond motifs is 1. The van der Waals surface area contributed by atoms with Crippen LogP contribution in [-0.2, 0) is 10.3 Å². The Morgan fingerprint density at radius 3 is 2.87 bits per heavy atom. The average molecular weight is 425 g/mol. The molecule has 1 amide bonds. The second-order valence-corrected chi connectivity index (χ2v) is 9.30. The Hall–Kier alpha value is -2.94. The predicted octanol–water partition coefficient (Wildman–Crippen LogP) is 2.26. The van der Waals surface area contributed by atoms with Gasteiger partial charge in [0.2, 0.25) is 11.8 Å². The maximum atomic E-state index is 11.7. The first-order valence-corrected chi connectivity index (χ1v) is 10.8. The summed E-state index contributed by atoms with van der Waals surface area (Å²) in [6.07, 6.45) is 8.06. The highest BCUT2D eigenvalue weighted by atomic mass is 16.5. The highest BCUT2D eigenvalue weighted by Gasteiger charge is 2.31. The minimum absolute atomic E-state index is 0.0214. The van der Waals surface area contributed by atoms with Crippen LogP contribution in [-0.4, -0.2) is 54.6 Å². The van der Waals surface area contributed by atoms with Gasteiger partial charge >= 0.3 is 0 Å². The number of aliphatic hydroxyl groups is 1. The minimum Gasteiger partial charge on any atom is -0.473 e. The number of hydrogen-bond acceptors (Lipinski definition) is 6. The van der Waals surface area contributed by atoms with E-state index < -0.39 is 5.54 Å². The Bertz CT molecular complexity index is 1130. The zero-order valence-corrected chi connectivity index (χ0v) is 18.1. The number of nitrogens with one attached hydrogen (secondary N) is 1. The van der Waals surface area contributed by atoms with E-state index in [2.05, 4.69) is 20.0 Å². The summed E-state index contributed by atoms with van der Waals surface area (Å²) in [5.74, 6) is 0.713. The fraction of sp³-hybridized carbons (Fsp3) is 0.545. The molecule has 5 rings (SSSR count). The molecule has 1 aliphatic heterocycles. The smallest absolute Gasteiger partial charge is 0.241 e. The molecule has 1 aliphatic carbocycles. The number of aliphatic hydroxyl groups excluding tert-OH is 1. The van der Waals surface area contributed by atoms with Gasteiger partial charge in [-0.15, -0.1) is 0 Å². The molecule has 1 unspecified atom stereocenters. The lowest BCUT2D eigenvalue weighted by Gasteiger charge is -2.22. The third-order valence-electron chi connectivity index (χ3n) is 6.32. The van der Waals surface area contributed by atoms with Crippen molar-refractivity contribution in [2.24, 2.45) is 5.92 Å². The van der Waals surface area contributed by atoms with Gasteiger partial charge in [-0.05, 0) is 39.7 Å². The van der Waals surface area contributed by atoms with Gasteiger partial charge in [-0.3, -0.25) is 9.48 Å². The second kappa shape index (κ2) is 7.33. The Kier molecular flexibility index (Phi) is 4.73. The van der Waals surface area contributed by atoms with Crippen molar-refractivity contribution in [3.8, 4) is 17.1 Å². The van der Waals surface area contributed by atoms with Crippen molar-refractivity contribution in [3.05, 3.63) is 24.8 Å². The van der Waals surface area contributed by atoms with Gasteiger partial charge < -0.3 is 19.7 Å². The SMILES string of the molecule is C[C@@H](Oc1nc(-c2cnn(C(C)(C)CO)c2)cc2ncn(C3CC3)c12)C1CNC(=O)C1. The first kappa shape index (κ1) is 20.0. The maximum absolute atomic E-state index is 11.7. The van der Waals surface area contributed by atoms with Crippen LogP contribution in [0.4, 0.5) is 0 Å². The second-order valence-electron chi connectivity index (χ2n) is 9.30. The molecule has 1 saturated heterocycles. The molecule has 9 nitrogen and oxygen atoms in total. The number of ether oxygens (including phenoxy) is 1. The molecule has 31 heavy (non-hydrogen) atoms. The van der Waals surface area contributed by atoms with E-state index in [1.807, 2.05) is 39.4 Å². The number of nitrogens with zero attached hydrogens (tertiary/aromatic N) is 5. The molecule has 0 bridgehead atoms. The first-order chi connectivity index (χ1) is 14.9. The number of hydrogen-bond donors (Lipinski definition) is 2. The highest BCUT2D eigenvalue weighted by Crippen LogP contribution is 2.40. The highest BCUT2D eigenvalue weighted by molar-refractivity contribution is 5.84. The van der Waals surface area contributed by atoms with Crippen molar-refractivity contribution in [1.29, 1.82) is 0 Å².